The van der Waals surface area contributed by atoms with Gasteiger partial charge < -0.3 is 0 Å². The molecule has 0 fully saturated rings. The van der Waals surface area contributed by atoms with E-state index in [9.17, 15) is 8.78 Å². The summed E-state index contributed by atoms with van der Waals surface area (Å²) in [7, 11) is 0. The van der Waals surface area contributed by atoms with E-state index in [0.29, 0.717) is 11.1 Å². The summed E-state index contributed by atoms with van der Waals surface area (Å²) < 4.78 is 27.9. The Kier molecular flexibility index (Phi) is 4.55. The molecule has 1 aliphatic rings. The number of rotatable bonds is 1. The van der Waals surface area contributed by atoms with Gasteiger partial charge >= 0.3 is 0 Å². The SMILES string of the molecule is FC1(F)c2ccccc2-c2ccccc21.c1ccc(-c2ccccc2)cc1. The van der Waals surface area contributed by atoms with Gasteiger partial charge in [0.2, 0.25) is 0 Å². The average Bonchev–Trinajstić information content (AvgIpc) is 2.98. The minimum absolute atomic E-state index is 0.117. The Morgan fingerprint density at radius 3 is 1.15 bits per heavy atom. The lowest BCUT2D eigenvalue weighted by atomic mass is 10.1. The summed E-state index contributed by atoms with van der Waals surface area (Å²) in [5, 5.41) is 0. The van der Waals surface area contributed by atoms with Crippen LogP contribution in [-0.2, 0) is 5.92 Å². The minimum atomic E-state index is -2.84. The van der Waals surface area contributed by atoms with Crippen LogP contribution < -0.4 is 0 Å². The Hall–Kier alpha value is -3.26. The Morgan fingerprint density at radius 1 is 0.407 bits per heavy atom. The van der Waals surface area contributed by atoms with Crippen LogP contribution in [0, 0.1) is 0 Å². The van der Waals surface area contributed by atoms with Gasteiger partial charge in [0.25, 0.3) is 5.92 Å². The first-order valence-electron chi connectivity index (χ1n) is 8.85. The standard InChI is InChI=1S/C13H8F2.C12H10/c14-13(15)11-7-3-1-5-9(11)10-6-2-4-8-12(10)13;1-3-7-11(8-4-1)12-9-5-2-6-10-12/h1-8H;1-10H. The molecule has 5 rings (SSSR count). The molecule has 0 bridgehead atoms. The van der Waals surface area contributed by atoms with Crippen LogP contribution in [0.2, 0.25) is 0 Å². The Morgan fingerprint density at radius 2 is 0.741 bits per heavy atom. The highest BCUT2D eigenvalue weighted by atomic mass is 19.3. The fourth-order valence-corrected chi connectivity index (χ4v) is 3.39. The molecule has 0 saturated heterocycles. The van der Waals surface area contributed by atoms with Gasteiger partial charge in [0.1, 0.15) is 0 Å². The summed E-state index contributed by atoms with van der Waals surface area (Å²) >= 11 is 0. The average molecular weight is 356 g/mol. The van der Waals surface area contributed by atoms with Crippen LogP contribution in [0.3, 0.4) is 0 Å². The van der Waals surface area contributed by atoms with E-state index < -0.39 is 5.92 Å². The molecule has 2 heteroatoms. The lowest BCUT2D eigenvalue weighted by molar-refractivity contribution is 0.0480. The number of hydrogen-bond donors (Lipinski definition) is 0. The predicted octanol–water partition coefficient (Wildman–Crippen LogP) is 7.16. The van der Waals surface area contributed by atoms with Crippen LogP contribution >= 0.6 is 0 Å². The second kappa shape index (κ2) is 7.16. The van der Waals surface area contributed by atoms with Crippen molar-refractivity contribution in [1.82, 2.24) is 0 Å². The fourth-order valence-electron chi connectivity index (χ4n) is 3.39. The molecule has 4 aromatic carbocycles. The van der Waals surface area contributed by atoms with Crippen molar-refractivity contribution >= 4 is 0 Å². The largest absolute Gasteiger partial charge is 0.299 e. The molecular formula is C25H18F2. The Bertz CT molecular complexity index is 953. The topological polar surface area (TPSA) is 0 Å². The molecular weight excluding hydrogens is 338 g/mol. The highest BCUT2D eigenvalue weighted by molar-refractivity contribution is 5.79. The van der Waals surface area contributed by atoms with Gasteiger partial charge in [-0.3, -0.25) is 0 Å². The van der Waals surface area contributed by atoms with E-state index in [1.807, 2.05) is 12.1 Å². The Labute approximate surface area is 157 Å². The van der Waals surface area contributed by atoms with Gasteiger partial charge in [-0.2, -0.15) is 8.78 Å². The van der Waals surface area contributed by atoms with Crippen LogP contribution in [-0.4, -0.2) is 0 Å². The molecule has 0 spiro atoms. The summed E-state index contributed by atoms with van der Waals surface area (Å²) in [5.41, 5.74) is 4.09. The highest BCUT2D eigenvalue weighted by Crippen LogP contribution is 2.50. The normalized spacial score (nSPS) is 13.1. The predicted molar refractivity (Wildman–Crippen MR) is 107 cm³/mol. The van der Waals surface area contributed by atoms with Crippen LogP contribution in [0.4, 0.5) is 8.78 Å². The molecule has 0 heterocycles. The summed E-state index contributed by atoms with van der Waals surface area (Å²) in [6.07, 6.45) is 0. The monoisotopic (exact) mass is 356 g/mol. The van der Waals surface area contributed by atoms with Gasteiger partial charge in [-0.1, -0.05) is 109 Å². The third-order valence-electron chi connectivity index (χ3n) is 4.70. The second-order valence-electron chi connectivity index (χ2n) is 6.40. The van der Waals surface area contributed by atoms with Crippen molar-refractivity contribution in [2.45, 2.75) is 5.92 Å². The molecule has 1 aliphatic carbocycles. The number of fused-ring (bicyclic) bond motifs is 3. The van der Waals surface area contributed by atoms with Gasteiger partial charge in [0.15, 0.2) is 0 Å². The zero-order chi connectivity index (χ0) is 18.7. The Balaban J connectivity index is 0.000000137. The van der Waals surface area contributed by atoms with Crippen molar-refractivity contribution < 1.29 is 8.78 Å². The van der Waals surface area contributed by atoms with E-state index in [0.717, 1.165) is 0 Å². The first-order chi connectivity index (χ1) is 13.2. The number of benzene rings is 4. The van der Waals surface area contributed by atoms with E-state index in [2.05, 4.69) is 48.5 Å². The number of alkyl halides is 2. The van der Waals surface area contributed by atoms with Crippen molar-refractivity contribution in [2.24, 2.45) is 0 Å². The van der Waals surface area contributed by atoms with E-state index in [4.69, 9.17) is 0 Å². The molecule has 132 valence electrons. The maximum absolute atomic E-state index is 13.9. The minimum Gasteiger partial charge on any atom is -0.196 e. The van der Waals surface area contributed by atoms with Crippen LogP contribution in [0.25, 0.3) is 22.3 Å². The van der Waals surface area contributed by atoms with E-state index in [1.165, 1.54) is 23.3 Å². The summed E-state index contributed by atoms with van der Waals surface area (Å²) in [6.45, 7) is 0. The molecule has 0 atom stereocenters. The lowest BCUT2D eigenvalue weighted by Gasteiger charge is -2.11. The van der Waals surface area contributed by atoms with Gasteiger partial charge in [-0.15, -0.1) is 0 Å². The number of hydrogen-bond acceptors (Lipinski definition) is 0. The summed E-state index contributed by atoms with van der Waals surface area (Å²) in [6, 6.07) is 34.1. The van der Waals surface area contributed by atoms with Crippen molar-refractivity contribution in [3.63, 3.8) is 0 Å². The third-order valence-corrected chi connectivity index (χ3v) is 4.70. The van der Waals surface area contributed by atoms with Gasteiger partial charge in [0.05, 0.1) is 0 Å². The highest BCUT2D eigenvalue weighted by Gasteiger charge is 2.43. The van der Waals surface area contributed by atoms with Gasteiger partial charge in [-0.25, -0.2) is 0 Å². The number of halogens is 2. The smallest absolute Gasteiger partial charge is 0.196 e. The third kappa shape index (κ3) is 3.26. The van der Waals surface area contributed by atoms with E-state index >= 15 is 0 Å². The van der Waals surface area contributed by atoms with Gasteiger partial charge in [0, 0.05) is 11.1 Å². The van der Waals surface area contributed by atoms with Crippen LogP contribution in [0.1, 0.15) is 11.1 Å². The zero-order valence-electron chi connectivity index (χ0n) is 14.6. The molecule has 0 unspecified atom stereocenters. The maximum atomic E-state index is 13.9. The quantitative estimate of drug-likeness (QED) is 0.339. The molecule has 0 amide bonds. The first kappa shape index (κ1) is 17.2. The van der Waals surface area contributed by atoms with Crippen LogP contribution in [0.15, 0.2) is 109 Å². The maximum Gasteiger partial charge on any atom is 0.299 e. The van der Waals surface area contributed by atoms with Crippen molar-refractivity contribution in [3.8, 4) is 22.3 Å². The van der Waals surface area contributed by atoms with E-state index in [-0.39, 0.29) is 11.1 Å². The summed E-state index contributed by atoms with van der Waals surface area (Å²) in [4.78, 5) is 0. The molecule has 0 aromatic heterocycles. The van der Waals surface area contributed by atoms with Crippen molar-refractivity contribution in [2.75, 3.05) is 0 Å². The van der Waals surface area contributed by atoms with Crippen molar-refractivity contribution in [3.05, 3.63) is 120 Å². The summed E-state index contributed by atoms with van der Waals surface area (Å²) in [5.74, 6) is -2.84. The first-order valence-corrected chi connectivity index (χ1v) is 8.85. The fraction of sp³-hybridized carbons (Fsp3) is 0.0400. The molecule has 27 heavy (non-hydrogen) atoms. The molecule has 0 aliphatic heterocycles. The van der Waals surface area contributed by atoms with Gasteiger partial charge in [-0.05, 0) is 22.3 Å². The van der Waals surface area contributed by atoms with Crippen molar-refractivity contribution in [1.29, 1.82) is 0 Å². The lowest BCUT2D eigenvalue weighted by Crippen LogP contribution is -2.10. The molecule has 0 nitrogen and oxygen atoms in total. The van der Waals surface area contributed by atoms with Crippen LogP contribution in [0.5, 0.6) is 0 Å². The zero-order valence-corrected chi connectivity index (χ0v) is 14.6. The molecule has 4 aromatic rings. The molecule has 0 saturated carbocycles. The molecule has 0 N–H and O–H groups in total. The molecule has 0 radical (unpaired) electrons. The second-order valence-corrected chi connectivity index (χ2v) is 6.40. The van der Waals surface area contributed by atoms with E-state index in [1.54, 1.807) is 36.4 Å².